The van der Waals surface area contributed by atoms with Gasteiger partial charge in [0, 0.05) is 10.9 Å². The van der Waals surface area contributed by atoms with E-state index in [1.54, 1.807) is 42.5 Å². The van der Waals surface area contributed by atoms with Gasteiger partial charge < -0.3 is 4.74 Å². The molecule has 128 valence electrons. The van der Waals surface area contributed by atoms with Crippen LogP contribution in [0.15, 0.2) is 53.9 Å². The monoisotopic (exact) mass is 364 g/mol. The molecule has 0 fully saturated rings. The largest absolute Gasteiger partial charge is 0.465 e. The van der Waals surface area contributed by atoms with E-state index in [1.807, 2.05) is 5.38 Å². The standard InChI is InChI=1S/C20H13FN2O2S/c1-25-20(24)15-4-2-13(3-5-15)10-16(11-22)19-23-18(12-26-19)14-6-8-17(21)9-7-14/h2-10,12H,1H3. The Morgan fingerprint density at radius 2 is 1.88 bits per heavy atom. The molecular formula is C20H13FN2O2S. The van der Waals surface area contributed by atoms with Gasteiger partial charge in [0.05, 0.1) is 23.9 Å². The second kappa shape index (κ2) is 7.72. The number of halogens is 1. The number of allylic oxidation sites excluding steroid dienone is 1. The molecule has 2 aromatic carbocycles. The van der Waals surface area contributed by atoms with E-state index < -0.39 is 5.97 Å². The molecule has 0 aliphatic heterocycles. The number of hydrogen-bond donors (Lipinski definition) is 0. The Bertz CT molecular complexity index is 1000. The van der Waals surface area contributed by atoms with Gasteiger partial charge >= 0.3 is 5.97 Å². The molecule has 0 atom stereocenters. The fourth-order valence-electron chi connectivity index (χ4n) is 2.29. The molecule has 4 nitrogen and oxygen atoms in total. The molecule has 0 N–H and O–H groups in total. The summed E-state index contributed by atoms with van der Waals surface area (Å²) in [5, 5.41) is 11.9. The van der Waals surface area contributed by atoms with Gasteiger partial charge in [0.1, 0.15) is 16.9 Å². The Balaban J connectivity index is 1.87. The van der Waals surface area contributed by atoms with Crippen molar-refractivity contribution in [1.82, 2.24) is 4.98 Å². The molecule has 3 aromatic rings. The van der Waals surface area contributed by atoms with Crippen LogP contribution < -0.4 is 0 Å². The number of carbonyl (C=O) groups excluding carboxylic acids is 1. The molecule has 0 radical (unpaired) electrons. The molecule has 0 spiro atoms. The van der Waals surface area contributed by atoms with Gasteiger partial charge in [0.15, 0.2) is 0 Å². The Morgan fingerprint density at radius 3 is 2.50 bits per heavy atom. The van der Waals surface area contributed by atoms with Crippen LogP contribution in [0.5, 0.6) is 0 Å². The van der Waals surface area contributed by atoms with Crippen molar-refractivity contribution in [2.24, 2.45) is 0 Å². The minimum absolute atomic E-state index is 0.308. The van der Waals surface area contributed by atoms with Crippen LogP contribution in [0.25, 0.3) is 22.9 Å². The first-order valence-corrected chi connectivity index (χ1v) is 8.50. The lowest BCUT2D eigenvalue weighted by Gasteiger charge is -2.00. The predicted molar refractivity (Wildman–Crippen MR) is 98.8 cm³/mol. The van der Waals surface area contributed by atoms with Crippen molar-refractivity contribution < 1.29 is 13.9 Å². The summed E-state index contributed by atoms with van der Waals surface area (Å²) in [5.74, 6) is -0.720. The third-order valence-corrected chi connectivity index (χ3v) is 4.51. The van der Waals surface area contributed by atoms with Crippen molar-refractivity contribution >= 4 is 29.0 Å². The fraction of sp³-hybridized carbons (Fsp3) is 0.0500. The summed E-state index contributed by atoms with van der Waals surface area (Å²) in [4.78, 5) is 15.9. The van der Waals surface area contributed by atoms with Crippen LogP contribution in [0.4, 0.5) is 4.39 Å². The van der Waals surface area contributed by atoms with Gasteiger partial charge in [0.2, 0.25) is 0 Å². The maximum atomic E-state index is 13.0. The van der Waals surface area contributed by atoms with Crippen LogP contribution in [0.2, 0.25) is 0 Å². The van der Waals surface area contributed by atoms with Gasteiger partial charge in [-0.2, -0.15) is 5.26 Å². The van der Waals surface area contributed by atoms with E-state index in [0.29, 0.717) is 21.8 Å². The average Bonchev–Trinajstić information content (AvgIpc) is 3.16. The van der Waals surface area contributed by atoms with E-state index in [2.05, 4.69) is 15.8 Å². The summed E-state index contributed by atoms with van der Waals surface area (Å²) >= 11 is 1.34. The first kappa shape index (κ1) is 17.5. The summed E-state index contributed by atoms with van der Waals surface area (Å²) in [5.41, 5.74) is 3.10. The average molecular weight is 364 g/mol. The zero-order valence-corrected chi connectivity index (χ0v) is 14.6. The lowest BCUT2D eigenvalue weighted by atomic mass is 10.1. The van der Waals surface area contributed by atoms with Gasteiger partial charge in [-0.15, -0.1) is 11.3 Å². The van der Waals surface area contributed by atoms with Gasteiger partial charge in [-0.3, -0.25) is 0 Å². The summed E-state index contributed by atoms with van der Waals surface area (Å²) in [6.45, 7) is 0. The van der Waals surface area contributed by atoms with Gasteiger partial charge in [-0.1, -0.05) is 12.1 Å². The summed E-state index contributed by atoms with van der Waals surface area (Å²) in [6.07, 6.45) is 1.70. The second-order valence-electron chi connectivity index (χ2n) is 5.33. The van der Waals surface area contributed by atoms with Crippen molar-refractivity contribution in [3.63, 3.8) is 0 Å². The zero-order chi connectivity index (χ0) is 18.5. The van der Waals surface area contributed by atoms with Gasteiger partial charge in [-0.05, 0) is 48.0 Å². The van der Waals surface area contributed by atoms with Crippen LogP contribution in [0.3, 0.4) is 0 Å². The number of benzene rings is 2. The first-order valence-electron chi connectivity index (χ1n) is 7.62. The number of nitriles is 1. The smallest absolute Gasteiger partial charge is 0.337 e. The number of ether oxygens (including phenoxy) is 1. The molecule has 0 bridgehead atoms. The third-order valence-electron chi connectivity index (χ3n) is 3.64. The molecule has 3 rings (SSSR count). The quantitative estimate of drug-likeness (QED) is 0.493. The molecule has 0 saturated carbocycles. The SMILES string of the molecule is COC(=O)c1ccc(C=C(C#N)c2nc(-c3ccc(F)cc3)cs2)cc1. The first-order chi connectivity index (χ1) is 12.6. The molecule has 0 saturated heterocycles. The number of methoxy groups -OCH3 is 1. The van der Waals surface area contributed by atoms with Crippen molar-refractivity contribution in [3.05, 3.63) is 75.9 Å². The Hall–Kier alpha value is -3.30. The van der Waals surface area contributed by atoms with Crippen LogP contribution in [0.1, 0.15) is 20.9 Å². The lowest BCUT2D eigenvalue weighted by Crippen LogP contribution is -2.00. The van der Waals surface area contributed by atoms with Crippen molar-refractivity contribution in [2.45, 2.75) is 0 Å². The molecule has 0 aliphatic rings. The summed E-state index contributed by atoms with van der Waals surface area (Å²) in [6, 6.07) is 14.9. The Kier molecular flexibility index (Phi) is 5.20. The van der Waals surface area contributed by atoms with Gasteiger partial charge in [-0.25, -0.2) is 14.2 Å². The van der Waals surface area contributed by atoms with E-state index in [4.69, 9.17) is 0 Å². The molecule has 26 heavy (non-hydrogen) atoms. The van der Waals surface area contributed by atoms with E-state index in [0.717, 1.165) is 11.1 Å². The van der Waals surface area contributed by atoms with E-state index >= 15 is 0 Å². The maximum absolute atomic E-state index is 13.0. The molecule has 0 amide bonds. The molecular weight excluding hydrogens is 351 g/mol. The minimum atomic E-state index is -0.412. The lowest BCUT2D eigenvalue weighted by molar-refractivity contribution is 0.0600. The van der Waals surface area contributed by atoms with E-state index in [9.17, 15) is 14.4 Å². The molecule has 1 aromatic heterocycles. The zero-order valence-electron chi connectivity index (χ0n) is 13.8. The van der Waals surface area contributed by atoms with E-state index in [1.165, 1.54) is 30.6 Å². The van der Waals surface area contributed by atoms with Crippen LogP contribution in [0, 0.1) is 17.1 Å². The van der Waals surface area contributed by atoms with Crippen molar-refractivity contribution in [2.75, 3.05) is 7.11 Å². The summed E-state index contributed by atoms with van der Waals surface area (Å²) < 4.78 is 17.7. The van der Waals surface area contributed by atoms with Crippen molar-refractivity contribution in [1.29, 1.82) is 5.26 Å². The minimum Gasteiger partial charge on any atom is -0.465 e. The highest BCUT2D eigenvalue weighted by Crippen LogP contribution is 2.27. The third kappa shape index (κ3) is 3.85. The normalized spacial score (nSPS) is 11.0. The van der Waals surface area contributed by atoms with Crippen LogP contribution in [-0.2, 0) is 4.74 Å². The van der Waals surface area contributed by atoms with E-state index in [-0.39, 0.29) is 5.82 Å². The number of carbonyl (C=O) groups is 1. The number of thiazole rings is 1. The Morgan fingerprint density at radius 1 is 1.19 bits per heavy atom. The molecule has 0 unspecified atom stereocenters. The predicted octanol–water partition coefficient (Wildman–Crippen LogP) is 4.80. The number of hydrogen-bond acceptors (Lipinski definition) is 5. The summed E-state index contributed by atoms with van der Waals surface area (Å²) in [7, 11) is 1.32. The highest BCUT2D eigenvalue weighted by molar-refractivity contribution is 7.11. The van der Waals surface area contributed by atoms with Gasteiger partial charge in [0.25, 0.3) is 0 Å². The highest BCUT2D eigenvalue weighted by atomic mass is 32.1. The Labute approximate surface area is 153 Å². The highest BCUT2D eigenvalue weighted by Gasteiger charge is 2.10. The topological polar surface area (TPSA) is 63.0 Å². The number of esters is 1. The number of aromatic nitrogens is 1. The second-order valence-corrected chi connectivity index (χ2v) is 6.19. The maximum Gasteiger partial charge on any atom is 0.337 e. The number of rotatable bonds is 4. The molecule has 6 heteroatoms. The molecule has 1 heterocycles. The fourth-order valence-corrected chi connectivity index (χ4v) is 3.09. The molecule has 0 aliphatic carbocycles. The van der Waals surface area contributed by atoms with Crippen molar-refractivity contribution in [3.8, 4) is 17.3 Å². The number of nitrogens with zero attached hydrogens (tertiary/aromatic N) is 2. The van der Waals surface area contributed by atoms with Crippen LogP contribution >= 0.6 is 11.3 Å². The van der Waals surface area contributed by atoms with Crippen LogP contribution in [-0.4, -0.2) is 18.1 Å².